The molecule has 0 aliphatic carbocycles. The number of fused-ring (bicyclic) bond motifs is 2. The van der Waals surface area contributed by atoms with E-state index >= 15 is 0 Å². The van der Waals surface area contributed by atoms with Crippen molar-refractivity contribution in [1.82, 2.24) is 30.4 Å². The molecule has 0 saturated heterocycles. The largest absolute Gasteiger partial charge is 0.516 e. The van der Waals surface area contributed by atoms with E-state index in [4.69, 9.17) is 37.8 Å². The molecular formula is C70H76Cl2F3N11O14S5. The molecule has 3 heterocycles. The molecule has 25 nitrogen and oxygen atoms in total. The lowest BCUT2D eigenvalue weighted by molar-refractivity contribution is -0.144. The average Bonchev–Trinajstić information content (AvgIpc) is 1.79. The molecule has 10 rings (SSSR count). The van der Waals surface area contributed by atoms with E-state index < -0.39 is 43.6 Å². The van der Waals surface area contributed by atoms with Crippen LogP contribution >= 0.6 is 57.6 Å². The highest BCUT2D eigenvalue weighted by atomic mass is 35.5. The number of carboxylic acids is 1. The number of amides is 6. The highest BCUT2D eigenvalue weighted by Gasteiger charge is 2.46. The van der Waals surface area contributed by atoms with Crippen LogP contribution in [0.3, 0.4) is 0 Å². The van der Waals surface area contributed by atoms with Gasteiger partial charge in [0, 0.05) is 68.8 Å². The number of aromatic nitrogens is 4. The van der Waals surface area contributed by atoms with Crippen LogP contribution in [0.25, 0.3) is 20.4 Å². The Labute approximate surface area is 627 Å². The first-order valence-electron chi connectivity index (χ1n) is 31.0. The summed E-state index contributed by atoms with van der Waals surface area (Å²) in [6.07, 6.45) is 3.63. The number of carboxylic acid groups (broad SMARTS) is 1. The van der Waals surface area contributed by atoms with Crippen molar-refractivity contribution in [3.05, 3.63) is 203 Å². The second kappa shape index (κ2) is 40.3. The van der Waals surface area contributed by atoms with Crippen molar-refractivity contribution in [3.63, 3.8) is 0 Å². The third-order valence-corrected chi connectivity index (χ3v) is 18.9. The first kappa shape index (κ1) is 85.6. The lowest BCUT2D eigenvalue weighted by Crippen LogP contribution is -2.35. The van der Waals surface area contributed by atoms with Crippen LogP contribution in [0.15, 0.2) is 175 Å². The zero-order chi connectivity index (χ0) is 77.9. The van der Waals surface area contributed by atoms with Crippen molar-refractivity contribution in [2.75, 3.05) is 71.7 Å². The Morgan fingerprint density at radius 2 is 1.29 bits per heavy atom. The number of halogens is 5. The standard InChI is InChI=1S/C16H14N2O2S.C14H16ClN3O.C11H13F3N2O3S.C10H11ClO3.C10H11N3OS.C9H11NO4S2/c1-18(12-7-3-2-4-8-12)15(19)11-20-16-17-13-9-5-6-10-14(13)21-16;1-11-5-3-6-12(2)14(11)18(13(19)9-15)10-17-8-4-7-16-17;1-6-4-7(2)10(5-9(6)15-8(3)17)16-20(18,19)11(12,13)14;1-6-5-8(11)3-4-9(6)14-7(2)10(12)13;1-11-9(14)13(2)10-12-7-5-3-4-6-8(7)15-10;1-10-9(11)15-8-5-3-7(4-6-8)14-16(2,12)13/h2-10H,11H2,1H3;3-8H,9-10H2,1-2H3;4-5,16H,1-3H3,(H,15,17);3-5,7H,1-2H3,(H,12,13);3-6H,1-2H3,(H,11,14);3-6H,1-2H3,(H,10,11). The number of thioether (sulfide) groups is 1. The first-order valence-corrected chi connectivity index (χ1v) is 37.6. The lowest BCUT2D eigenvalue weighted by atomic mass is 10.1. The molecular weight excluding hydrogens is 1510 g/mol. The summed E-state index contributed by atoms with van der Waals surface area (Å²) in [5, 5.41) is 21.9. The van der Waals surface area contributed by atoms with Crippen molar-refractivity contribution < 1.29 is 77.5 Å². The minimum absolute atomic E-state index is 0.0226. The van der Waals surface area contributed by atoms with Gasteiger partial charge in [0.2, 0.25) is 11.8 Å². The smallest absolute Gasteiger partial charge is 0.479 e. The molecule has 0 aliphatic rings. The number of nitrogens with zero attached hydrogens (tertiary/aromatic N) is 7. The Morgan fingerprint density at radius 3 is 1.81 bits per heavy atom. The summed E-state index contributed by atoms with van der Waals surface area (Å²) in [5.41, 5.74) is 1.99. The number of ether oxygens (including phenoxy) is 2. The number of para-hydroxylation sites is 4. The van der Waals surface area contributed by atoms with E-state index in [0.29, 0.717) is 43.8 Å². The number of rotatable bonds is 18. The first-order chi connectivity index (χ1) is 49.4. The van der Waals surface area contributed by atoms with Crippen LogP contribution in [0.5, 0.6) is 16.7 Å². The number of nitrogens with one attached hydrogen (secondary N) is 4. The van der Waals surface area contributed by atoms with Gasteiger partial charge in [0.15, 0.2) is 17.8 Å². The molecule has 35 heteroatoms. The Morgan fingerprint density at radius 1 is 0.695 bits per heavy atom. The number of urea groups is 1. The molecule has 0 spiro atoms. The molecule has 6 amide bonds. The van der Waals surface area contributed by atoms with Crippen LogP contribution in [0.4, 0.5) is 50.6 Å². The summed E-state index contributed by atoms with van der Waals surface area (Å²) >= 11 is 15.4. The molecule has 5 N–H and O–H groups in total. The van der Waals surface area contributed by atoms with Gasteiger partial charge < -0.3 is 39.6 Å². The molecule has 0 bridgehead atoms. The van der Waals surface area contributed by atoms with Gasteiger partial charge in [-0.1, -0.05) is 101 Å². The van der Waals surface area contributed by atoms with Crippen molar-refractivity contribution in [3.8, 4) is 16.7 Å². The molecule has 10 aromatic rings. The Hall–Kier alpha value is -10.0. The third-order valence-electron chi connectivity index (χ3n) is 13.9. The van der Waals surface area contributed by atoms with Gasteiger partial charge in [-0.15, -0.1) is 11.6 Å². The summed E-state index contributed by atoms with van der Waals surface area (Å²) in [6.45, 7) is 11.9. The van der Waals surface area contributed by atoms with E-state index in [9.17, 15) is 58.8 Å². The number of alkyl halides is 4. The van der Waals surface area contributed by atoms with Crippen molar-refractivity contribution in [2.45, 2.75) is 71.6 Å². The van der Waals surface area contributed by atoms with E-state index in [2.05, 4.69) is 35.2 Å². The SMILES string of the molecule is CC(=O)Nc1cc(NS(=O)(=O)C(F)(F)F)c(C)cc1C.CN(C(=O)COc1nc2ccccc2s1)c1ccccc1.CNC(=O)N(C)c1nc2ccccc2s1.CNC(=O)Sc1ccc(OS(C)(=O)=O)cc1.Cc1cc(Cl)ccc1OC(C)C(=O)O.Cc1cccc(C)c1N(Cn1cccn1)C(=O)CCl. The Kier molecular flexibility index (Phi) is 32.9. The van der Waals surface area contributed by atoms with Crippen molar-refractivity contribution in [2.24, 2.45) is 0 Å². The molecule has 3 aromatic heterocycles. The highest BCUT2D eigenvalue weighted by molar-refractivity contribution is 8.13. The Bertz CT molecular complexity index is 4740. The number of benzene rings is 7. The summed E-state index contributed by atoms with van der Waals surface area (Å²) in [5.74, 6) is -0.918. The van der Waals surface area contributed by atoms with Crippen LogP contribution in [0.1, 0.15) is 41.7 Å². The second-order valence-corrected chi connectivity index (χ2v) is 29.1. The average molecular weight is 1580 g/mol. The van der Waals surface area contributed by atoms with Gasteiger partial charge in [0.25, 0.3) is 16.3 Å². The van der Waals surface area contributed by atoms with Gasteiger partial charge in [-0.2, -0.15) is 35.1 Å². The minimum Gasteiger partial charge on any atom is -0.479 e. The maximum Gasteiger partial charge on any atom is 0.516 e. The van der Waals surface area contributed by atoms with Gasteiger partial charge in [0.05, 0.1) is 38.1 Å². The van der Waals surface area contributed by atoms with Crippen LogP contribution in [0.2, 0.25) is 5.02 Å². The molecule has 0 aliphatic heterocycles. The summed E-state index contributed by atoms with van der Waals surface area (Å²) in [6, 6.07) is 46.6. The van der Waals surface area contributed by atoms with Crippen LogP contribution < -0.4 is 49.0 Å². The number of sulfonamides is 1. The zero-order valence-corrected chi connectivity index (χ0v) is 64.3. The van der Waals surface area contributed by atoms with Gasteiger partial charge in [-0.05, 0) is 172 Å². The second-order valence-electron chi connectivity index (χ2n) is 22.1. The number of thiazole rings is 2. The number of hydrogen-bond acceptors (Lipinski definition) is 19. The summed E-state index contributed by atoms with van der Waals surface area (Å²) < 4.78 is 101. The summed E-state index contributed by atoms with van der Waals surface area (Å²) in [4.78, 5) is 82.3. The van der Waals surface area contributed by atoms with Gasteiger partial charge in [0.1, 0.15) is 24.0 Å². The molecule has 1 unspecified atom stereocenters. The van der Waals surface area contributed by atoms with Crippen LogP contribution in [-0.2, 0) is 46.0 Å². The number of anilines is 5. The molecule has 0 saturated carbocycles. The number of carbonyl (C=O) groups excluding carboxylic acids is 5. The molecule has 1 atom stereocenters. The fourth-order valence-corrected chi connectivity index (χ4v) is 12.5. The minimum atomic E-state index is -5.49. The number of hydrogen-bond donors (Lipinski definition) is 5. The summed E-state index contributed by atoms with van der Waals surface area (Å²) in [7, 11) is -2.42. The van der Waals surface area contributed by atoms with Crippen LogP contribution in [0, 0.1) is 34.6 Å². The van der Waals surface area contributed by atoms with Gasteiger partial charge in [-0.3, -0.25) is 38.4 Å². The lowest BCUT2D eigenvalue weighted by Gasteiger charge is -2.25. The highest BCUT2D eigenvalue weighted by Crippen LogP contribution is 2.33. The van der Waals surface area contributed by atoms with E-state index in [1.54, 1.807) is 79.1 Å². The predicted octanol–water partition coefficient (Wildman–Crippen LogP) is 14.6. The van der Waals surface area contributed by atoms with Crippen LogP contribution in [-0.4, -0.2) is 135 Å². The van der Waals surface area contributed by atoms with Gasteiger partial charge >= 0.3 is 37.7 Å². The van der Waals surface area contributed by atoms with E-state index in [0.717, 1.165) is 72.6 Å². The molecule has 560 valence electrons. The van der Waals surface area contributed by atoms with E-state index in [1.165, 1.54) is 78.3 Å². The number of aliphatic carboxylic acids is 1. The van der Waals surface area contributed by atoms with Crippen molar-refractivity contribution in [1.29, 1.82) is 0 Å². The van der Waals surface area contributed by atoms with E-state index in [-0.39, 0.29) is 52.7 Å². The molecule has 0 fully saturated rings. The quantitative estimate of drug-likeness (QED) is 0.0303. The zero-order valence-electron chi connectivity index (χ0n) is 58.7. The maximum absolute atomic E-state index is 12.3. The predicted molar refractivity (Wildman–Crippen MR) is 409 cm³/mol. The van der Waals surface area contributed by atoms with E-state index in [1.807, 2.05) is 130 Å². The number of likely N-dealkylation sites (N-methyl/N-ethyl adjacent to an activating group) is 1. The third kappa shape index (κ3) is 27.5. The number of aryl methyl sites for hydroxylation is 5. The molecule has 0 radical (unpaired) electrons. The fraction of sp³-hybridized carbons (Fsp3) is 0.243. The molecule has 7 aromatic carbocycles. The van der Waals surface area contributed by atoms with Crippen molar-refractivity contribution >= 4 is 161 Å². The maximum atomic E-state index is 12.3. The fourth-order valence-electron chi connectivity index (χ4n) is 8.66. The normalized spacial score (nSPS) is 11.1. The number of carbonyl (C=O) groups is 6. The van der Waals surface area contributed by atoms with Gasteiger partial charge in [-0.25, -0.2) is 19.6 Å². The topological polar surface area (TPSA) is 320 Å². The monoisotopic (exact) mass is 1580 g/mol. The molecule has 105 heavy (non-hydrogen) atoms. The Balaban J connectivity index is 0.000000228.